The molecule has 16 heavy (non-hydrogen) atoms. The summed E-state index contributed by atoms with van der Waals surface area (Å²) in [5, 5.41) is 4.89. The van der Waals surface area contributed by atoms with E-state index >= 15 is 0 Å². The van der Waals surface area contributed by atoms with E-state index in [2.05, 4.69) is 17.1 Å². The van der Waals surface area contributed by atoms with E-state index < -0.39 is 0 Å². The largest absolute Gasteiger partial charge is 0.312 e. The van der Waals surface area contributed by atoms with E-state index in [1.807, 2.05) is 18.2 Å². The molecule has 0 spiro atoms. The summed E-state index contributed by atoms with van der Waals surface area (Å²) in [5.41, 5.74) is 1.15. The van der Waals surface area contributed by atoms with E-state index in [9.17, 15) is 0 Å². The van der Waals surface area contributed by atoms with Crippen molar-refractivity contribution >= 4 is 23.2 Å². The Labute approximate surface area is 107 Å². The minimum absolute atomic E-state index is 0.555. The molecule has 4 heteroatoms. The normalized spacial score (nSPS) is 22.3. The van der Waals surface area contributed by atoms with Gasteiger partial charge in [0.1, 0.15) is 0 Å². The maximum absolute atomic E-state index is 6.16. The summed E-state index contributed by atoms with van der Waals surface area (Å²) in [5.74, 6) is 0. The summed E-state index contributed by atoms with van der Waals surface area (Å²) in [6, 6.07) is 6.27. The van der Waals surface area contributed by atoms with Gasteiger partial charge in [-0.3, -0.25) is 4.90 Å². The molecule has 1 fully saturated rings. The summed E-state index contributed by atoms with van der Waals surface area (Å²) in [6.07, 6.45) is 0. The van der Waals surface area contributed by atoms with E-state index in [0.717, 1.165) is 36.8 Å². The van der Waals surface area contributed by atoms with Gasteiger partial charge in [-0.05, 0) is 24.6 Å². The highest BCUT2D eigenvalue weighted by atomic mass is 35.5. The SMILES string of the molecule is C[C@H]1CN(Cc2ccc(Cl)cc2Cl)CCN1. The van der Waals surface area contributed by atoms with Crippen molar-refractivity contribution in [2.24, 2.45) is 0 Å². The molecule has 0 amide bonds. The fourth-order valence-corrected chi connectivity index (χ4v) is 2.51. The third-order valence-electron chi connectivity index (χ3n) is 2.86. The zero-order chi connectivity index (χ0) is 11.5. The van der Waals surface area contributed by atoms with Crippen molar-refractivity contribution in [3.63, 3.8) is 0 Å². The predicted octanol–water partition coefficient (Wildman–Crippen LogP) is 2.79. The monoisotopic (exact) mass is 258 g/mol. The van der Waals surface area contributed by atoms with Crippen molar-refractivity contribution < 1.29 is 0 Å². The lowest BCUT2D eigenvalue weighted by molar-refractivity contribution is 0.199. The van der Waals surface area contributed by atoms with E-state index in [1.54, 1.807) is 0 Å². The summed E-state index contributed by atoms with van der Waals surface area (Å²) in [6.45, 7) is 6.30. The van der Waals surface area contributed by atoms with Gasteiger partial charge in [0.25, 0.3) is 0 Å². The highest BCUT2D eigenvalue weighted by molar-refractivity contribution is 6.35. The standard InChI is InChI=1S/C12H16Cl2N2/c1-9-7-16(5-4-15-9)8-10-2-3-11(13)6-12(10)14/h2-3,6,9,15H,4-5,7-8H2,1H3/t9-/m0/s1. The lowest BCUT2D eigenvalue weighted by Crippen LogP contribution is -2.48. The fraction of sp³-hybridized carbons (Fsp3) is 0.500. The zero-order valence-corrected chi connectivity index (χ0v) is 10.9. The van der Waals surface area contributed by atoms with Crippen LogP contribution in [0.4, 0.5) is 0 Å². The Morgan fingerprint density at radius 1 is 1.44 bits per heavy atom. The number of halogens is 2. The van der Waals surface area contributed by atoms with Gasteiger partial charge in [-0.15, -0.1) is 0 Å². The maximum Gasteiger partial charge on any atom is 0.0465 e. The Morgan fingerprint density at radius 2 is 2.25 bits per heavy atom. The highest BCUT2D eigenvalue weighted by Crippen LogP contribution is 2.22. The quantitative estimate of drug-likeness (QED) is 0.878. The third kappa shape index (κ3) is 3.11. The molecule has 0 bridgehead atoms. The Hall–Kier alpha value is -0.280. The van der Waals surface area contributed by atoms with Crippen molar-refractivity contribution in [1.29, 1.82) is 0 Å². The molecule has 0 unspecified atom stereocenters. The first kappa shape index (κ1) is 12.2. The molecular formula is C12H16Cl2N2. The molecule has 1 aromatic carbocycles. The van der Waals surface area contributed by atoms with Crippen LogP contribution >= 0.6 is 23.2 Å². The topological polar surface area (TPSA) is 15.3 Å². The van der Waals surface area contributed by atoms with Crippen LogP contribution in [-0.2, 0) is 6.54 Å². The van der Waals surface area contributed by atoms with Crippen molar-refractivity contribution in [2.45, 2.75) is 19.5 Å². The Bertz CT molecular complexity index is 368. The number of piperazine rings is 1. The molecule has 0 saturated carbocycles. The molecule has 1 atom stereocenters. The van der Waals surface area contributed by atoms with Crippen LogP contribution in [0.3, 0.4) is 0 Å². The lowest BCUT2D eigenvalue weighted by atomic mass is 10.1. The predicted molar refractivity (Wildman–Crippen MR) is 69.2 cm³/mol. The number of nitrogens with one attached hydrogen (secondary N) is 1. The lowest BCUT2D eigenvalue weighted by Gasteiger charge is -2.32. The van der Waals surface area contributed by atoms with Crippen LogP contribution in [0.2, 0.25) is 10.0 Å². The minimum Gasteiger partial charge on any atom is -0.312 e. The Kier molecular flexibility index (Phi) is 4.09. The number of hydrogen-bond donors (Lipinski definition) is 1. The smallest absolute Gasteiger partial charge is 0.0465 e. The zero-order valence-electron chi connectivity index (χ0n) is 9.34. The molecule has 1 aliphatic heterocycles. The summed E-state index contributed by atoms with van der Waals surface area (Å²) in [4.78, 5) is 2.41. The fourth-order valence-electron chi connectivity index (χ4n) is 2.05. The Balaban J connectivity index is 2.02. The molecule has 2 rings (SSSR count). The minimum atomic E-state index is 0.555. The van der Waals surface area contributed by atoms with Gasteiger partial charge in [-0.1, -0.05) is 29.3 Å². The first-order valence-electron chi connectivity index (χ1n) is 5.55. The molecule has 88 valence electrons. The van der Waals surface area contributed by atoms with Crippen LogP contribution in [-0.4, -0.2) is 30.6 Å². The first-order chi connectivity index (χ1) is 7.65. The average molecular weight is 259 g/mol. The number of hydrogen-bond acceptors (Lipinski definition) is 2. The molecular weight excluding hydrogens is 243 g/mol. The number of rotatable bonds is 2. The van der Waals surface area contributed by atoms with E-state index in [1.165, 1.54) is 0 Å². The second kappa shape index (κ2) is 5.37. The second-order valence-electron chi connectivity index (χ2n) is 4.33. The van der Waals surface area contributed by atoms with Crippen molar-refractivity contribution in [3.8, 4) is 0 Å². The first-order valence-corrected chi connectivity index (χ1v) is 6.30. The molecule has 1 aromatic rings. The van der Waals surface area contributed by atoms with E-state index in [4.69, 9.17) is 23.2 Å². The van der Waals surface area contributed by atoms with Gasteiger partial charge < -0.3 is 5.32 Å². The maximum atomic E-state index is 6.16. The average Bonchev–Trinajstić information content (AvgIpc) is 2.22. The van der Waals surface area contributed by atoms with Crippen molar-refractivity contribution in [1.82, 2.24) is 10.2 Å². The molecule has 1 N–H and O–H groups in total. The number of benzene rings is 1. The van der Waals surface area contributed by atoms with Gasteiger partial charge in [0.05, 0.1) is 0 Å². The van der Waals surface area contributed by atoms with Crippen LogP contribution in [0.5, 0.6) is 0 Å². The van der Waals surface area contributed by atoms with E-state index in [-0.39, 0.29) is 0 Å². The van der Waals surface area contributed by atoms with Gasteiger partial charge in [-0.2, -0.15) is 0 Å². The van der Waals surface area contributed by atoms with E-state index in [0.29, 0.717) is 11.1 Å². The third-order valence-corrected chi connectivity index (χ3v) is 3.45. The molecule has 1 heterocycles. The molecule has 0 aliphatic carbocycles. The van der Waals surface area contributed by atoms with Gasteiger partial charge in [0, 0.05) is 42.3 Å². The van der Waals surface area contributed by atoms with Gasteiger partial charge in [0.15, 0.2) is 0 Å². The summed E-state index contributed by atoms with van der Waals surface area (Å²) < 4.78 is 0. The van der Waals surface area contributed by atoms with Gasteiger partial charge >= 0.3 is 0 Å². The van der Waals surface area contributed by atoms with Crippen LogP contribution in [0, 0.1) is 0 Å². The Morgan fingerprint density at radius 3 is 2.94 bits per heavy atom. The van der Waals surface area contributed by atoms with Crippen LogP contribution in [0.25, 0.3) is 0 Å². The molecule has 0 aromatic heterocycles. The summed E-state index contributed by atoms with van der Waals surface area (Å²) in [7, 11) is 0. The molecule has 1 aliphatic rings. The summed E-state index contributed by atoms with van der Waals surface area (Å²) >= 11 is 12.0. The van der Waals surface area contributed by atoms with Crippen molar-refractivity contribution in [2.75, 3.05) is 19.6 Å². The van der Waals surface area contributed by atoms with Crippen LogP contribution in [0.15, 0.2) is 18.2 Å². The second-order valence-corrected chi connectivity index (χ2v) is 5.17. The van der Waals surface area contributed by atoms with Crippen LogP contribution < -0.4 is 5.32 Å². The van der Waals surface area contributed by atoms with Crippen LogP contribution in [0.1, 0.15) is 12.5 Å². The van der Waals surface area contributed by atoms with Gasteiger partial charge in [0.2, 0.25) is 0 Å². The van der Waals surface area contributed by atoms with Crippen molar-refractivity contribution in [3.05, 3.63) is 33.8 Å². The molecule has 0 radical (unpaired) electrons. The number of nitrogens with zero attached hydrogens (tertiary/aromatic N) is 1. The molecule has 1 saturated heterocycles. The highest BCUT2D eigenvalue weighted by Gasteiger charge is 2.16. The van der Waals surface area contributed by atoms with Gasteiger partial charge in [-0.25, -0.2) is 0 Å². The molecule has 2 nitrogen and oxygen atoms in total.